The molecular weight excluding hydrogens is 302 g/mol. The molecule has 1 aromatic heterocycles. The van der Waals surface area contributed by atoms with E-state index in [4.69, 9.17) is 5.11 Å². The molecule has 1 aliphatic rings. The van der Waals surface area contributed by atoms with Gasteiger partial charge in [0.1, 0.15) is 0 Å². The molecule has 1 aliphatic heterocycles. The first kappa shape index (κ1) is 16.9. The van der Waals surface area contributed by atoms with Crippen LogP contribution in [-0.4, -0.2) is 39.0 Å². The van der Waals surface area contributed by atoms with Gasteiger partial charge < -0.3 is 10.4 Å². The summed E-state index contributed by atoms with van der Waals surface area (Å²) < 4.78 is 0. The zero-order chi connectivity index (χ0) is 16.3. The third-order valence-corrected chi connectivity index (χ3v) is 5.08. The lowest BCUT2D eigenvalue weighted by Crippen LogP contribution is -2.42. The Labute approximate surface area is 134 Å². The summed E-state index contributed by atoms with van der Waals surface area (Å²) in [6.45, 7) is 6.54. The number of hydrogen-bond donors (Lipinski definition) is 2. The number of nitrogens with one attached hydrogen (secondary N) is 1. The molecule has 1 saturated heterocycles. The van der Waals surface area contributed by atoms with Crippen molar-refractivity contribution in [3.8, 4) is 0 Å². The Bertz CT molecular complexity index is 548. The summed E-state index contributed by atoms with van der Waals surface area (Å²) in [4.78, 5) is 29.8. The monoisotopic (exact) mass is 325 g/mol. The molecule has 1 aromatic rings. The molecule has 2 atom stereocenters. The number of rotatable bonds is 5. The number of carboxylic acid groups (broad SMARTS) is 1. The van der Waals surface area contributed by atoms with Crippen molar-refractivity contribution in [1.29, 1.82) is 0 Å². The van der Waals surface area contributed by atoms with Gasteiger partial charge in [-0.1, -0.05) is 6.42 Å². The average molecular weight is 325 g/mol. The van der Waals surface area contributed by atoms with E-state index >= 15 is 0 Å². The van der Waals surface area contributed by atoms with E-state index < -0.39 is 5.97 Å². The van der Waals surface area contributed by atoms with E-state index in [0.717, 1.165) is 17.7 Å². The van der Waals surface area contributed by atoms with Gasteiger partial charge in [-0.05, 0) is 26.7 Å². The first-order valence-corrected chi connectivity index (χ1v) is 8.42. The molecule has 122 valence electrons. The first-order chi connectivity index (χ1) is 10.4. The minimum Gasteiger partial charge on any atom is -0.481 e. The van der Waals surface area contributed by atoms with Crippen LogP contribution in [-0.2, 0) is 22.6 Å². The van der Waals surface area contributed by atoms with Crippen LogP contribution in [0.3, 0.4) is 0 Å². The topological polar surface area (TPSA) is 82.5 Å². The molecule has 0 aliphatic carbocycles. The predicted octanol–water partition coefficient (Wildman–Crippen LogP) is 2.49. The van der Waals surface area contributed by atoms with Gasteiger partial charge in [-0.3, -0.25) is 14.5 Å². The van der Waals surface area contributed by atoms with Crippen LogP contribution >= 0.6 is 11.3 Å². The molecule has 0 aromatic carbocycles. The number of aromatic nitrogens is 1. The molecule has 0 radical (unpaired) electrons. The van der Waals surface area contributed by atoms with Crippen LogP contribution in [0.25, 0.3) is 0 Å². The second-order valence-electron chi connectivity index (χ2n) is 5.94. The molecule has 0 saturated carbocycles. The quantitative estimate of drug-likeness (QED) is 0.869. The minimum absolute atomic E-state index is 0.109. The van der Waals surface area contributed by atoms with Gasteiger partial charge in [0.2, 0.25) is 5.91 Å². The van der Waals surface area contributed by atoms with Crippen LogP contribution in [0, 0.1) is 0 Å². The van der Waals surface area contributed by atoms with Gasteiger partial charge in [-0.15, -0.1) is 11.3 Å². The third-order valence-electron chi connectivity index (χ3n) is 4.08. The number of aliphatic carboxylic acids is 1. The number of piperidine rings is 1. The van der Waals surface area contributed by atoms with Gasteiger partial charge in [0.05, 0.1) is 12.1 Å². The van der Waals surface area contributed by atoms with E-state index in [9.17, 15) is 9.59 Å². The van der Waals surface area contributed by atoms with Crippen molar-refractivity contribution in [2.45, 2.75) is 65.1 Å². The average Bonchev–Trinajstić information content (AvgIpc) is 2.74. The number of carboxylic acids is 1. The van der Waals surface area contributed by atoms with Crippen molar-refractivity contribution in [3.05, 3.63) is 10.6 Å². The molecule has 2 unspecified atom stereocenters. The lowest BCUT2D eigenvalue weighted by Gasteiger charge is -2.38. The Hall–Kier alpha value is -1.47. The summed E-state index contributed by atoms with van der Waals surface area (Å²) >= 11 is 1.38. The largest absolute Gasteiger partial charge is 0.481 e. The zero-order valence-electron chi connectivity index (χ0n) is 13.3. The van der Waals surface area contributed by atoms with Gasteiger partial charge in [0.25, 0.3) is 0 Å². The highest BCUT2D eigenvalue weighted by Gasteiger charge is 2.27. The van der Waals surface area contributed by atoms with E-state index in [2.05, 4.69) is 29.0 Å². The molecule has 1 fully saturated rings. The molecule has 2 heterocycles. The van der Waals surface area contributed by atoms with Crippen molar-refractivity contribution in [1.82, 2.24) is 9.88 Å². The third kappa shape index (κ3) is 4.27. The van der Waals surface area contributed by atoms with Crippen molar-refractivity contribution in [2.24, 2.45) is 0 Å². The van der Waals surface area contributed by atoms with Crippen molar-refractivity contribution < 1.29 is 14.7 Å². The second-order valence-corrected chi connectivity index (χ2v) is 7.03. The molecule has 0 spiro atoms. The second kappa shape index (κ2) is 7.19. The van der Waals surface area contributed by atoms with Crippen LogP contribution in [0.2, 0.25) is 0 Å². The summed E-state index contributed by atoms with van der Waals surface area (Å²) in [6.07, 6.45) is 3.45. The molecule has 2 rings (SSSR count). The minimum atomic E-state index is -0.902. The maximum atomic E-state index is 11.2. The Morgan fingerprint density at radius 1 is 1.36 bits per heavy atom. The van der Waals surface area contributed by atoms with Crippen LogP contribution in [0.15, 0.2) is 0 Å². The molecule has 6 nitrogen and oxygen atoms in total. The van der Waals surface area contributed by atoms with Crippen LogP contribution in [0.1, 0.15) is 50.6 Å². The standard InChI is InChI=1S/C15H23N3O3S/c1-9-5-4-6-10(2)18(9)8-13-12(7-14(20)21)17-15(22-13)16-11(3)19/h9-10H,4-8H2,1-3H3,(H,20,21)(H,16,17,19). The lowest BCUT2D eigenvalue weighted by atomic mass is 9.97. The van der Waals surface area contributed by atoms with E-state index in [-0.39, 0.29) is 12.3 Å². The summed E-state index contributed by atoms with van der Waals surface area (Å²) in [6, 6.07) is 0.959. The Balaban J connectivity index is 2.21. The summed E-state index contributed by atoms with van der Waals surface area (Å²) in [5, 5.41) is 12.2. The number of carbonyl (C=O) groups is 2. The summed E-state index contributed by atoms with van der Waals surface area (Å²) in [5.41, 5.74) is 0.561. The number of amides is 1. The Morgan fingerprint density at radius 2 is 2.00 bits per heavy atom. The molecule has 1 amide bonds. The van der Waals surface area contributed by atoms with Crippen molar-refractivity contribution in [3.63, 3.8) is 0 Å². The molecule has 7 heteroatoms. The van der Waals surface area contributed by atoms with Gasteiger partial charge in [0.15, 0.2) is 5.13 Å². The van der Waals surface area contributed by atoms with Crippen molar-refractivity contribution >= 4 is 28.3 Å². The zero-order valence-corrected chi connectivity index (χ0v) is 14.1. The van der Waals surface area contributed by atoms with Crippen LogP contribution in [0.5, 0.6) is 0 Å². The van der Waals surface area contributed by atoms with Gasteiger partial charge >= 0.3 is 5.97 Å². The normalized spacial score (nSPS) is 22.5. The number of thiazole rings is 1. The Morgan fingerprint density at radius 3 is 2.55 bits per heavy atom. The molecule has 22 heavy (non-hydrogen) atoms. The van der Waals surface area contributed by atoms with Crippen molar-refractivity contribution in [2.75, 3.05) is 5.32 Å². The maximum Gasteiger partial charge on any atom is 0.309 e. The van der Waals surface area contributed by atoms with Gasteiger partial charge in [-0.25, -0.2) is 4.98 Å². The lowest BCUT2D eigenvalue weighted by molar-refractivity contribution is -0.136. The highest BCUT2D eigenvalue weighted by molar-refractivity contribution is 7.15. The fourth-order valence-electron chi connectivity index (χ4n) is 2.94. The number of likely N-dealkylation sites (tertiary alicyclic amines) is 1. The van der Waals surface area contributed by atoms with E-state index in [1.165, 1.54) is 24.7 Å². The maximum absolute atomic E-state index is 11.2. The highest BCUT2D eigenvalue weighted by Crippen LogP contribution is 2.30. The van der Waals surface area contributed by atoms with Crippen LogP contribution < -0.4 is 5.32 Å². The Kier molecular flexibility index (Phi) is 5.52. The molecule has 2 N–H and O–H groups in total. The highest BCUT2D eigenvalue weighted by atomic mass is 32.1. The SMILES string of the molecule is CC(=O)Nc1nc(CC(=O)O)c(CN2C(C)CCCC2C)s1. The first-order valence-electron chi connectivity index (χ1n) is 7.60. The van der Waals surface area contributed by atoms with E-state index in [1.54, 1.807) is 0 Å². The number of nitrogens with zero attached hydrogens (tertiary/aromatic N) is 2. The number of anilines is 1. The smallest absolute Gasteiger partial charge is 0.309 e. The van der Waals surface area contributed by atoms with Crippen LogP contribution in [0.4, 0.5) is 5.13 Å². The fraction of sp³-hybridized carbons (Fsp3) is 0.667. The number of carbonyl (C=O) groups excluding carboxylic acids is 1. The van der Waals surface area contributed by atoms with E-state index in [1.807, 2.05) is 0 Å². The summed E-state index contributed by atoms with van der Waals surface area (Å²) in [7, 11) is 0. The fourth-order valence-corrected chi connectivity index (χ4v) is 3.98. The predicted molar refractivity (Wildman–Crippen MR) is 86.1 cm³/mol. The van der Waals surface area contributed by atoms with Gasteiger partial charge in [-0.2, -0.15) is 0 Å². The molecule has 0 bridgehead atoms. The number of hydrogen-bond acceptors (Lipinski definition) is 5. The molecular formula is C15H23N3O3S. The van der Waals surface area contributed by atoms with Gasteiger partial charge in [0, 0.05) is 30.4 Å². The summed E-state index contributed by atoms with van der Waals surface area (Å²) in [5.74, 6) is -1.09. The van der Waals surface area contributed by atoms with E-state index in [0.29, 0.717) is 29.5 Å².